The van der Waals surface area contributed by atoms with E-state index in [1.807, 2.05) is 6.07 Å². The van der Waals surface area contributed by atoms with Crippen molar-refractivity contribution in [2.75, 3.05) is 6.54 Å². The Kier molecular flexibility index (Phi) is 4.19. The molecule has 1 atom stereocenters. The maximum atomic E-state index is 9.61. The predicted molar refractivity (Wildman–Crippen MR) is 57.8 cm³/mol. The van der Waals surface area contributed by atoms with Crippen molar-refractivity contribution < 1.29 is 5.11 Å². The minimum absolute atomic E-state index is 0.452. The van der Waals surface area contributed by atoms with Gasteiger partial charge in [0.25, 0.3) is 0 Å². The summed E-state index contributed by atoms with van der Waals surface area (Å²) in [6.45, 7) is 0.452. The average Bonchev–Trinajstić information content (AvgIpc) is 2.04. The van der Waals surface area contributed by atoms with E-state index < -0.39 is 6.10 Å². The number of aliphatic hydroxyl groups excluding tert-OH is 1. The van der Waals surface area contributed by atoms with Crippen molar-refractivity contribution in [3.05, 3.63) is 33.3 Å². The molecule has 1 rings (SSSR count). The normalized spacial score (nSPS) is 12.9. The van der Waals surface area contributed by atoms with E-state index in [0.717, 1.165) is 10.0 Å². The molecule has 0 bridgehead atoms. The summed E-state index contributed by atoms with van der Waals surface area (Å²) in [4.78, 5) is 0. The number of nitrogens with two attached hydrogens (primary N) is 1. The van der Waals surface area contributed by atoms with Crippen LogP contribution in [0.15, 0.2) is 22.7 Å². The Labute approximate surface area is 90.8 Å². The van der Waals surface area contributed by atoms with Crippen LogP contribution in [-0.2, 0) is 0 Å². The highest BCUT2D eigenvalue weighted by molar-refractivity contribution is 9.10. The Balaban J connectivity index is 2.88. The largest absolute Gasteiger partial charge is 0.388 e. The van der Waals surface area contributed by atoms with Gasteiger partial charge < -0.3 is 10.8 Å². The van der Waals surface area contributed by atoms with Gasteiger partial charge >= 0.3 is 0 Å². The summed E-state index contributed by atoms with van der Waals surface area (Å²) in [5, 5.41) is 10.2. The summed E-state index contributed by atoms with van der Waals surface area (Å²) < 4.78 is 0.904. The van der Waals surface area contributed by atoms with Gasteiger partial charge in [0, 0.05) is 9.50 Å². The molecule has 0 spiro atoms. The molecule has 0 aliphatic carbocycles. The first-order valence-corrected chi connectivity index (χ1v) is 5.15. The van der Waals surface area contributed by atoms with Gasteiger partial charge in [0.15, 0.2) is 0 Å². The van der Waals surface area contributed by atoms with Crippen LogP contribution in [0, 0.1) is 0 Å². The molecule has 0 unspecified atom stereocenters. The van der Waals surface area contributed by atoms with Gasteiger partial charge in [-0.3, -0.25) is 0 Å². The molecular formula is C9H11BrClNO. The smallest absolute Gasteiger partial charge is 0.0816 e. The van der Waals surface area contributed by atoms with Gasteiger partial charge in [-0.2, -0.15) is 0 Å². The summed E-state index contributed by atoms with van der Waals surface area (Å²) in [6.07, 6.45) is -0.0351. The number of hydrogen-bond acceptors (Lipinski definition) is 2. The Morgan fingerprint density at radius 1 is 1.54 bits per heavy atom. The molecule has 0 aliphatic rings. The maximum absolute atomic E-state index is 9.61. The van der Waals surface area contributed by atoms with Gasteiger partial charge in [0.2, 0.25) is 0 Å². The van der Waals surface area contributed by atoms with E-state index in [9.17, 15) is 5.11 Å². The van der Waals surface area contributed by atoms with Crippen LogP contribution in [0.2, 0.25) is 5.02 Å². The molecule has 1 aromatic rings. The third kappa shape index (κ3) is 2.95. The molecular weight excluding hydrogens is 253 g/mol. The Hall–Kier alpha value is -0.0900. The van der Waals surface area contributed by atoms with E-state index in [-0.39, 0.29) is 0 Å². The quantitative estimate of drug-likeness (QED) is 0.881. The van der Waals surface area contributed by atoms with Crippen LogP contribution in [-0.4, -0.2) is 11.7 Å². The lowest BCUT2D eigenvalue weighted by Crippen LogP contribution is -2.06. The lowest BCUT2D eigenvalue weighted by Gasteiger charge is -2.11. The van der Waals surface area contributed by atoms with E-state index in [0.29, 0.717) is 18.0 Å². The summed E-state index contributed by atoms with van der Waals surface area (Å²) in [5.41, 5.74) is 6.07. The van der Waals surface area contributed by atoms with Crippen LogP contribution in [0.4, 0.5) is 0 Å². The Morgan fingerprint density at radius 3 is 2.77 bits per heavy atom. The first-order valence-electron chi connectivity index (χ1n) is 3.98. The molecule has 0 aliphatic heterocycles. The van der Waals surface area contributed by atoms with Crippen molar-refractivity contribution in [3.63, 3.8) is 0 Å². The van der Waals surface area contributed by atoms with Crippen molar-refractivity contribution in [1.29, 1.82) is 0 Å². The molecule has 0 saturated heterocycles. The van der Waals surface area contributed by atoms with Crippen molar-refractivity contribution >= 4 is 27.5 Å². The minimum atomic E-state index is -0.564. The molecule has 0 amide bonds. The molecule has 13 heavy (non-hydrogen) atoms. The second kappa shape index (κ2) is 4.96. The Bertz CT molecular complexity index is 293. The monoisotopic (exact) mass is 263 g/mol. The fourth-order valence-corrected chi connectivity index (χ4v) is 1.88. The zero-order chi connectivity index (χ0) is 9.84. The van der Waals surface area contributed by atoms with Gasteiger partial charge in [-0.1, -0.05) is 33.6 Å². The molecule has 0 fully saturated rings. The standard InChI is InChI=1S/C9H11BrClNO/c10-6-1-2-7(8(11)5-6)9(13)3-4-12/h1-2,5,9,13H,3-4,12H2/t9-/m1/s1. The molecule has 1 aromatic carbocycles. The van der Waals surface area contributed by atoms with Crippen LogP contribution in [0.25, 0.3) is 0 Å². The fourth-order valence-electron chi connectivity index (χ4n) is 1.09. The zero-order valence-corrected chi connectivity index (χ0v) is 9.35. The van der Waals surface area contributed by atoms with Gasteiger partial charge in [-0.25, -0.2) is 0 Å². The van der Waals surface area contributed by atoms with Crippen LogP contribution < -0.4 is 5.73 Å². The molecule has 0 heterocycles. The fraction of sp³-hybridized carbons (Fsp3) is 0.333. The van der Waals surface area contributed by atoms with E-state index in [1.54, 1.807) is 12.1 Å². The molecule has 3 N–H and O–H groups in total. The van der Waals surface area contributed by atoms with Gasteiger partial charge in [0.1, 0.15) is 0 Å². The molecule has 0 aromatic heterocycles. The van der Waals surface area contributed by atoms with Crippen molar-refractivity contribution in [2.24, 2.45) is 5.73 Å². The highest BCUT2D eigenvalue weighted by Gasteiger charge is 2.10. The number of aliphatic hydroxyl groups is 1. The molecule has 2 nitrogen and oxygen atoms in total. The molecule has 0 saturated carbocycles. The zero-order valence-electron chi connectivity index (χ0n) is 7.00. The third-order valence-corrected chi connectivity index (χ3v) is 2.58. The minimum Gasteiger partial charge on any atom is -0.388 e. The van der Waals surface area contributed by atoms with Gasteiger partial charge in [0.05, 0.1) is 6.10 Å². The van der Waals surface area contributed by atoms with Crippen LogP contribution in [0.1, 0.15) is 18.1 Å². The number of hydrogen-bond donors (Lipinski definition) is 2. The topological polar surface area (TPSA) is 46.2 Å². The average molecular weight is 265 g/mol. The van der Waals surface area contributed by atoms with Crippen molar-refractivity contribution in [1.82, 2.24) is 0 Å². The summed E-state index contributed by atoms with van der Waals surface area (Å²) in [6, 6.07) is 5.41. The summed E-state index contributed by atoms with van der Waals surface area (Å²) >= 11 is 9.22. The van der Waals surface area contributed by atoms with Crippen LogP contribution in [0.5, 0.6) is 0 Å². The Morgan fingerprint density at radius 2 is 2.23 bits per heavy atom. The second-order valence-corrected chi connectivity index (χ2v) is 4.08. The SMILES string of the molecule is NCC[C@@H](O)c1ccc(Br)cc1Cl. The first kappa shape index (κ1) is 11.0. The first-order chi connectivity index (χ1) is 6.15. The van der Waals surface area contributed by atoms with Crippen LogP contribution in [0.3, 0.4) is 0 Å². The molecule has 4 heteroatoms. The van der Waals surface area contributed by atoms with Crippen molar-refractivity contribution in [2.45, 2.75) is 12.5 Å². The highest BCUT2D eigenvalue weighted by Crippen LogP contribution is 2.27. The van der Waals surface area contributed by atoms with E-state index in [1.165, 1.54) is 0 Å². The predicted octanol–water partition coefficient (Wildman–Crippen LogP) is 2.48. The highest BCUT2D eigenvalue weighted by atomic mass is 79.9. The van der Waals surface area contributed by atoms with Crippen LogP contribution >= 0.6 is 27.5 Å². The van der Waals surface area contributed by atoms with Gasteiger partial charge in [-0.15, -0.1) is 0 Å². The van der Waals surface area contributed by atoms with Gasteiger partial charge in [-0.05, 0) is 30.7 Å². The molecule has 72 valence electrons. The summed E-state index contributed by atoms with van der Waals surface area (Å²) in [7, 11) is 0. The second-order valence-electron chi connectivity index (χ2n) is 2.76. The lowest BCUT2D eigenvalue weighted by atomic mass is 10.1. The lowest BCUT2D eigenvalue weighted by molar-refractivity contribution is 0.170. The number of rotatable bonds is 3. The van der Waals surface area contributed by atoms with Crippen molar-refractivity contribution in [3.8, 4) is 0 Å². The van der Waals surface area contributed by atoms with E-state index in [2.05, 4.69) is 15.9 Å². The van der Waals surface area contributed by atoms with E-state index in [4.69, 9.17) is 17.3 Å². The summed E-state index contributed by atoms with van der Waals surface area (Å²) in [5.74, 6) is 0. The number of halogens is 2. The maximum Gasteiger partial charge on any atom is 0.0816 e. The van der Waals surface area contributed by atoms with E-state index >= 15 is 0 Å². The number of benzene rings is 1. The third-order valence-electron chi connectivity index (χ3n) is 1.76. The molecule has 0 radical (unpaired) electrons.